The number of carbonyl (C=O) groups is 1. The standard InChI is InChI=1S/C18H17NO4S/c1-11-9-14(11)16-8-7-12(23-16)10-15-18(20)13-5-3-4-6-17(13)24(21,22)19(15)2/h3-8,10-11,14H,9H2,1-2H3. The summed E-state index contributed by atoms with van der Waals surface area (Å²) in [4.78, 5) is 12.8. The Bertz CT molecular complexity index is 970. The molecule has 1 aromatic carbocycles. The van der Waals surface area contributed by atoms with Crippen LogP contribution in [0.5, 0.6) is 0 Å². The maximum atomic E-state index is 12.7. The van der Waals surface area contributed by atoms with Gasteiger partial charge in [0.05, 0.1) is 4.90 Å². The minimum atomic E-state index is -3.73. The Kier molecular flexibility index (Phi) is 3.22. The van der Waals surface area contributed by atoms with Crippen LogP contribution in [0.1, 0.15) is 41.1 Å². The molecule has 2 heterocycles. The number of nitrogens with zero attached hydrogens (tertiary/aromatic N) is 1. The average molecular weight is 343 g/mol. The van der Waals surface area contributed by atoms with E-state index in [-0.39, 0.29) is 21.9 Å². The van der Waals surface area contributed by atoms with Crippen LogP contribution in [0.4, 0.5) is 0 Å². The van der Waals surface area contributed by atoms with E-state index in [4.69, 9.17) is 4.42 Å². The van der Waals surface area contributed by atoms with Gasteiger partial charge in [-0.25, -0.2) is 8.42 Å². The molecule has 2 aromatic rings. The molecule has 1 aliphatic carbocycles. The Morgan fingerprint density at radius 3 is 2.62 bits per heavy atom. The number of Topliss-reactive ketones (excluding diaryl/α,β-unsaturated/α-hetero) is 1. The van der Waals surface area contributed by atoms with Crippen LogP contribution in [0.15, 0.2) is 51.4 Å². The predicted molar refractivity (Wildman–Crippen MR) is 88.9 cm³/mol. The summed E-state index contributed by atoms with van der Waals surface area (Å²) >= 11 is 0. The van der Waals surface area contributed by atoms with Crippen molar-refractivity contribution >= 4 is 21.9 Å². The van der Waals surface area contributed by atoms with Crippen LogP contribution in [0.2, 0.25) is 0 Å². The number of hydrogen-bond acceptors (Lipinski definition) is 4. The van der Waals surface area contributed by atoms with E-state index in [1.54, 1.807) is 18.2 Å². The van der Waals surface area contributed by atoms with Crippen molar-refractivity contribution in [2.24, 2.45) is 5.92 Å². The molecule has 0 saturated heterocycles. The highest BCUT2D eigenvalue weighted by molar-refractivity contribution is 7.89. The Labute approximate surface area is 140 Å². The number of hydrogen-bond donors (Lipinski definition) is 0. The summed E-state index contributed by atoms with van der Waals surface area (Å²) < 4.78 is 32.0. The molecule has 124 valence electrons. The molecule has 2 atom stereocenters. The summed E-state index contributed by atoms with van der Waals surface area (Å²) in [7, 11) is -2.34. The van der Waals surface area contributed by atoms with E-state index in [2.05, 4.69) is 6.92 Å². The lowest BCUT2D eigenvalue weighted by Crippen LogP contribution is -2.36. The van der Waals surface area contributed by atoms with Crippen molar-refractivity contribution in [3.8, 4) is 0 Å². The number of sulfonamides is 1. The highest BCUT2D eigenvalue weighted by Crippen LogP contribution is 2.47. The van der Waals surface area contributed by atoms with Crippen molar-refractivity contribution in [1.82, 2.24) is 4.31 Å². The van der Waals surface area contributed by atoms with Gasteiger partial charge in [0, 0.05) is 24.6 Å². The predicted octanol–water partition coefficient (Wildman–Crippen LogP) is 3.26. The lowest BCUT2D eigenvalue weighted by molar-refractivity contribution is 0.101. The molecular formula is C18H17NO4S. The first-order valence-electron chi connectivity index (χ1n) is 7.83. The summed E-state index contributed by atoms with van der Waals surface area (Å²) in [6.07, 6.45) is 2.61. The highest BCUT2D eigenvalue weighted by Gasteiger charge is 2.38. The summed E-state index contributed by atoms with van der Waals surface area (Å²) in [6, 6.07) is 9.94. The van der Waals surface area contributed by atoms with Crippen LogP contribution in [-0.4, -0.2) is 25.6 Å². The second-order valence-corrected chi connectivity index (χ2v) is 8.32. The van der Waals surface area contributed by atoms with Gasteiger partial charge in [0.1, 0.15) is 17.2 Å². The average Bonchev–Trinajstić information content (AvgIpc) is 3.11. The first-order chi connectivity index (χ1) is 11.4. The van der Waals surface area contributed by atoms with Crippen molar-refractivity contribution in [2.45, 2.75) is 24.2 Å². The molecule has 2 unspecified atom stereocenters. The molecule has 0 bridgehead atoms. The minimum Gasteiger partial charge on any atom is -0.461 e. The molecule has 2 aliphatic rings. The molecule has 1 fully saturated rings. The second kappa shape index (κ2) is 5.08. The molecular weight excluding hydrogens is 326 g/mol. The summed E-state index contributed by atoms with van der Waals surface area (Å²) in [5, 5.41) is 0. The quantitative estimate of drug-likeness (QED) is 0.785. The van der Waals surface area contributed by atoms with Crippen LogP contribution in [-0.2, 0) is 10.0 Å². The van der Waals surface area contributed by atoms with E-state index in [0.29, 0.717) is 17.6 Å². The van der Waals surface area contributed by atoms with Crippen LogP contribution >= 0.6 is 0 Å². The number of allylic oxidation sites excluding steroid dienone is 1. The largest absolute Gasteiger partial charge is 0.461 e. The van der Waals surface area contributed by atoms with Gasteiger partial charge in [0.25, 0.3) is 10.0 Å². The van der Waals surface area contributed by atoms with Crippen LogP contribution in [0, 0.1) is 5.92 Å². The molecule has 0 amide bonds. The fourth-order valence-electron chi connectivity index (χ4n) is 3.09. The molecule has 4 rings (SSSR count). The van der Waals surface area contributed by atoms with E-state index >= 15 is 0 Å². The molecule has 0 spiro atoms. The topological polar surface area (TPSA) is 67.6 Å². The van der Waals surface area contributed by atoms with E-state index < -0.39 is 10.0 Å². The molecule has 6 heteroatoms. The van der Waals surface area contributed by atoms with Crippen molar-refractivity contribution in [1.29, 1.82) is 0 Å². The van der Waals surface area contributed by atoms with Gasteiger partial charge < -0.3 is 4.42 Å². The third kappa shape index (κ3) is 2.21. The monoisotopic (exact) mass is 343 g/mol. The third-order valence-electron chi connectivity index (χ3n) is 4.74. The lowest BCUT2D eigenvalue weighted by Gasteiger charge is -2.27. The molecule has 5 nitrogen and oxygen atoms in total. The number of benzene rings is 1. The van der Waals surface area contributed by atoms with Crippen molar-refractivity contribution in [3.05, 3.63) is 59.2 Å². The van der Waals surface area contributed by atoms with Gasteiger partial charge in [0.15, 0.2) is 0 Å². The number of fused-ring (bicyclic) bond motifs is 1. The first kappa shape index (κ1) is 15.2. The number of furan rings is 1. The van der Waals surface area contributed by atoms with E-state index in [1.807, 2.05) is 6.07 Å². The Morgan fingerprint density at radius 2 is 1.92 bits per heavy atom. The fourth-order valence-corrected chi connectivity index (χ4v) is 4.47. The second-order valence-electron chi connectivity index (χ2n) is 6.39. The van der Waals surface area contributed by atoms with Crippen molar-refractivity contribution in [2.75, 3.05) is 7.05 Å². The number of ketones is 1. The zero-order valence-corrected chi connectivity index (χ0v) is 14.2. The highest BCUT2D eigenvalue weighted by atomic mass is 32.2. The van der Waals surface area contributed by atoms with E-state index in [0.717, 1.165) is 16.5 Å². The van der Waals surface area contributed by atoms with Gasteiger partial charge in [-0.2, -0.15) is 0 Å². The summed E-state index contributed by atoms with van der Waals surface area (Å²) in [6.45, 7) is 2.16. The van der Waals surface area contributed by atoms with Crippen molar-refractivity contribution in [3.63, 3.8) is 0 Å². The van der Waals surface area contributed by atoms with Gasteiger partial charge in [-0.05, 0) is 36.6 Å². The molecule has 1 saturated carbocycles. The molecule has 1 aromatic heterocycles. The normalized spacial score (nSPS) is 26.5. The SMILES string of the molecule is CC1CC1c1ccc(C=C2C(=O)c3ccccc3S(=O)(=O)N2C)o1. The van der Waals surface area contributed by atoms with E-state index in [1.165, 1.54) is 25.3 Å². The first-order valence-corrected chi connectivity index (χ1v) is 9.27. The zero-order valence-electron chi connectivity index (χ0n) is 13.4. The molecule has 24 heavy (non-hydrogen) atoms. The zero-order chi connectivity index (χ0) is 17.1. The van der Waals surface area contributed by atoms with Gasteiger partial charge in [-0.1, -0.05) is 19.1 Å². The molecule has 1 aliphatic heterocycles. The smallest absolute Gasteiger partial charge is 0.264 e. The number of rotatable bonds is 2. The van der Waals surface area contributed by atoms with Crippen LogP contribution in [0.3, 0.4) is 0 Å². The lowest BCUT2D eigenvalue weighted by atomic mass is 10.1. The number of likely N-dealkylation sites (N-methyl/N-ethyl adjacent to an activating group) is 1. The molecule has 0 radical (unpaired) electrons. The van der Waals surface area contributed by atoms with Crippen molar-refractivity contribution < 1.29 is 17.6 Å². The fraction of sp³-hybridized carbons (Fsp3) is 0.278. The Balaban J connectivity index is 1.78. The summed E-state index contributed by atoms with van der Waals surface area (Å²) in [5.41, 5.74) is 0.294. The van der Waals surface area contributed by atoms with Gasteiger partial charge in [-0.3, -0.25) is 9.10 Å². The Hall–Kier alpha value is -2.34. The van der Waals surface area contributed by atoms with Crippen LogP contribution < -0.4 is 0 Å². The number of carbonyl (C=O) groups excluding carboxylic acids is 1. The van der Waals surface area contributed by atoms with Gasteiger partial charge >= 0.3 is 0 Å². The minimum absolute atomic E-state index is 0.0431. The maximum absolute atomic E-state index is 12.7. The van der Waals surface area contributed by atoms with Crippen LogP contribution in [0.25, 0.3) is 6.08 Å². The molecule has 0 N–H and O–H groups in total. The van der Waals surface area contributed by atoms with Gasteiger partial charge in [0.2, 0.25) is 5.78 Å². The van der Waals surface area contributed by atoms with E-state index in [9.17, 15) is 13.2 Å². The third-order valence-corrected chi connectivity index (χ3v) is 6.57. The Morgan fingerprint density at radius 1 is 1.21 bits per heavy atom. The maximum Gasteiger partial charge on any atom is 0.264 e. The summed E-state index contributed by atoms with van der Waals surface area (Å²) in [5.74, 6) is 2.11. The van der Waals surface area contributed by atoms with Gasteiger partial charge in [-0.15, -0.1) is 0 Å².